The van der Waals surface area contributed by atoms with Gasteiger partial charge in [-0.2, -0.15) is 5.48 Å². The van der Waals surface area contributed by atoms with E-state index >= 15 is 0 Å². The van der Waals surface area contributed by atoms with Crippen LogP contribution < -0.4 is 15.0 Å². The molecule has 1 aromatic carbocycles. The number of hydroxylamine groups is 1. The van der Waals surface area contributed by atoms with E-state index < -0.39 is 0 Å². The van der Waals surface area contributed by atoms with Crippen molar-refractivity contribution in [2.75, 3.05) is 14.2 Å². The molecule has 4 nitrogen and oxygen atoms in total. The molecule has 0 spiro atoms. The highest BCUT2D eigenvalue weighted by Crippen LogP contribution is 2.38. The highest BCUT2D eigenvalue weighted by Gasteiger charge is 2.31. The fraction of sp³-hybridized carbons (Fsp3) is 0.455. The van der Waals surface area contributed by atoms with E-state index in [2.05, 4.69) is 5.48 Å². The van der Waals surface area contributed by atoms with Gasteiger partial charge in [-0.1, -0.05) is 0 Å². The molecule has 1 N–H and O–H groups in total. The van der Waals surface area contributed by atoms with Crippen molar-refractivity contribution in [3.05, 3.63) is 23.8 Å². The third kappa shape index (κ3) is 1.78. The Hall–Kier alpha value is -1.26. The Balaban J connectivity index is 2.30. The number of benzene rings is 1. The van der Waals surface area contributed by atoms with Gasteiger partial charge in [-0.25, -0.2) is 0 Å². The minimum Gasteiger partial charge on any atom is -0.497 e. The van der Waals surface area contributed by atoms with Crippen molar-refractivity contribution < 1.29 is 14.3 Å². The van der Waals surface area contributed by atoms with Crippen LogP contribution in [0.4, 0.5) is 0 Å². The fourth-order valence-electron chi connectivity index (χ4n) is 1.81. The van der Waals surface area contributed by atoms with Crippen LogP contribution in [0.3, 0.4) is 0 Å². The first-order chi connectivity index (χ1) is 7.26. The van der Waals surface area contributed by atoms with Crippen LogP contribution in [0.2, 0.25) is 0 Å². The van der Waals surface area contributed by atoms with Crippen molar-refractivity contribution in [2.24, 2.45) is 0 Å². The molecule has 2 rings (SSSR count). The lowest BCUT2D eigenvalue weighted by Gasteiger charge is -2.14. The Morgan fingerprint density at radius 1 is 1.33 bits per heavy atom. The molecule has 0 saturated carbocycles. The van der Waals surface area contributed by atoms with Gasteiger partial charge in [0.15, 0.2) is 0 Å². The minimum absolute atomic E-state index is 0.0621. The summed E-state index contributed by atoms with van der Waals surface area (Å²) in [6.07, 6.45) is 0.0621. The van der Waals surface area contributed by atoms with Crippen LogP contribution in [0.5, 0.6) is 11.5 Å². The van der Waals surface area contributed by atoms with E-state index in [1.807, 2.05) is 25.1 Å². The first kappa shape index (κ1) is 10.3. The zero-order valence-corrected chi connectivity index (χ0v) is 9.11. The predicted octanol–water partition coefficient (Wildman–Crippen LogP) is 1.67. The number of hydrogen-bond acceptors (Lipinski definition) is 4. The standard InChI is InChI=1S/C11H15NO3/c1-7-11(12-14-3)9-5-4-8(13-2)6-10(9)15-7/h4-7,11-12H,1-3H3. The molecule has 0 aliphatic carbocycles. The van der Waals surface area contributed by atoms with Crippen molar-refractivity contribution in [1.82, 2.24) is 5.48 Å². The summed E-state index contributed by atoms with van der Waals surface area (Å²) in [6, 6.07) is 5.89. The van der Waals surface area contributed by atoms with E-state index in [4.69, 9.17) is 14.3 Å². The highest BCUT2D eigenvalue weighted by molar-refractivity contribution is 5.45. The quantitative estimate of drug-likeness (QED) is 0.769. The molecule has 1 aromatic rings. The normalized spacial score (nSPS) is 23.4. The maximum atomic E-state index is 5.69. The van der Waals surface area contributed by atoms with Gasteiger partial charge in [0.1, 0.15) is 17.6 Å². The molecule has 82 valence electrons. The largest absolute Gasteiger partial charge is 0.497 e. The molecule has 0 saturated heterocycles. The van der Waals surface area contributed by atoms with E-state index in [1.165, 1.54) is 0 Å². The summed E-state index contributed by atoms with van der Waals surface area (Å²) < 4.78 is 10.8. The molecule has 1 heterocycles. The molecule has 0 bridgehead atoms. The number of rotatable bonds is 3. The summed E-state index contributed by atoms with van der Waals surface area (Å²) in [7, 11) is 3.25. The van der Waals surface area contributed by atoms with Crippen LogP contribution in [0.1, 0.15) is 18.5 Å². The average molecular weight is 209 g/mol. The van der Waals surface area contributed by atoms with Gasteiger partial charge < -0.3 is 14.3 Å². The molecular weight excluding hydrogens is 194 g/mol. The van der Waals surface area contributed by atoms with Crippen LogP contribution in [0, 0.1) is 0 Å². The van der Waals surface area contributed by atoms with Gasteiger partial charge in [0.25, 0.3) is 0 Å². The fourth-order valence-corrected chi connectivity index (χ4v) is 1.81. The Labute approximate surface area is 89.1 Å². The van der Waals surface area contributed by atoms with Gasteiger partial charge in [-0.15, -0.1) is 0 Å². The van der Waals surface area contributed by atoms with Crippen LogP contribution in [0.15, 0.2) is 18.2 Å². The molecule has 4 heteroatoms. The van der Waals surface area contributed by atoms with E-state index in [0.717, 1.165) is 17.1 Å². The molecule has 0 aromatic heterocycles. The Morgan fingerprint density at radius 3 is 2.80 bits per heavy atom. The third-order valence-electron chi connectivity index (χ3n) is 2.58. The zero-order valence-electron chi connectivity index (χ0n) is 9.11. The van der Waals surface area contributed by atoms with Crippen molar-refractivity contribution in [3.63, 3.8) is 0 Å². The lowest BCUT2D eigenvalue weighted by Crippen LogP contribution is -2.27. The Kier molecular flexibility index (Phi) is 2.79. The first-order valence-corrected chi connectivity index (χ1v) is 4.89. The van der Waals surface area contributed by atoms with Gasteiger partial charge in [0, 0.05) is 11.6 Å². The molecule has 15 heavy (non-hydrogen) atoms. The lowest BCUT2D eigenvalue weighted by atomic mass is 10.1. The monoisotopic (exact) mass is 209 g/mol. The number of ether oxygens (including phenoxy) is 2. The maximum absolute atomic E-state index is 5.69. The molecule has 1 aliphatic heterocycles. The van der Waals surface area contributed by atoms with E-state index in [1.54, 1.807) is 14.2 Å². The predicted molar refractivity (Wildman–Crippen MR) is 56.0 cm³/mol. The molecule has 2 atom stereocenters. The summed E-state index contributed by atoms with van der Waals surface area (Å²) in [5.41, 5.74) is 4.02. The molecule has 1 aliphatic rings. The molecule has 0 radical (unpaired) electrons. The van der Waals surface area contributed by atoms with Gasteiger partial charge >= 0.3 is 0 Å². The molecule has 2 unspecified atom stereocenters. The maximum Gasteiger partial charge on any atom is 0.128 e. The van der Waals surface area contributed by atoms with Crippen molar-refractivity contribution in [2.45, 2.75) is 19.1 Å². The number of hydrogen-bond donors (Lipinski definition) is 1. The number of fused-ring (bicyclic) bond motifs is 1. The van der Waals surface area contributed by atoms with Crippen LogP contribution in [-0.2, 0) is 4.84 Å². The summed E-state index contributed by atoms with van der Waals surface area (Å²) in [6.45, 7) is 2.00. The second-order valence-corrected chi connectivity index (χ2v) is 3.53. The van der Waals surface area contributed by atoms with Crippen molar-refractivity contribution in [3.8, 4) is 11.5 Å². The van der Waals surface area contributed by atoms with Gasteiger partial charge in [0.05, 0.1) is 20.3 Å². The Bertz CT molecular complexity index is 354. The number of nitrogens with one attached hydrogen (secondary N) is 1. The minimum atomic E-state index is 0.0621. The second-order valence-electron chi connectivity index (χ2n) is 3.53. The van der Waals surface area contributed by atoms with E-state index in [9.17, 15) is 0 Å². The highest BCUT2D eigenvalue weighted by atomic mass is 16.6. The van der Waals surface area contributed by atoms with E-state index in [-0.39, 0.29) is 12.1 Å². The summed E-state index contributed by atoms with van der Waals surface area (Å²) in [5.74, 6) is 1.66. The first-order valence-electron chi connectivity index (χ1n) is 4.89. The van der Waals surface area contributed by atoms with Crippen LogP contribution >= 0.6 is 0 Å². The van der Waals surface area contributed by atoms with Gasteiger partial charge in [-0.05, 0) is 19.1 Å². The molecule has 0 fully saturated rings. The Morgan fingerprint density at radius 2 is 2.13 bits per heavy atom. The third-order valence-corrected chi connectivity index (χ3v) is 2.58. The molecule has 0 amide bonds. The topological polar surface area (TPSA) is 39.7 Å². The van der Waals surface area contributed by atoms with Gasteiger partial charge in [-0.3, -0.25) is 0 Å². The van der Waals surface area contributed by atoms with Crippen LogP contribution in [-0.4, -0.2) is 20.3 Å². The van der Waals surface area contributed by atoms with Gasteiger partial charge in [0.2, 0.25) is 0 Å². The summed E-state index contributed by atoms with van der Waals surface area (Å²) in [4.78, 5) is 4.95. The molecular formula is C11H15NO3. The lowest BCUT2D eigenvalue weighted by molar-refractivity contribution is 0.0339. The zero-order chi connectivity index (χ0) is 10.8. The van der Waals surface area contributed by atoms with Crippen molar-refractivity contribution >= 4 is 0 Å². The second kappa shape index (κ2) is 4.08. The van der Waals surface area contributed by atoms with E-state index in [0.29, 0.717) is 0 Å². The van der Waals surface area contributed by atoms with Crippen molar-refractivity contribution in [1.29, 1.82) is 0 Å². The number of methoxy groups -OCH3 is 1. The van der Waals surface area contributed by atoms with Crippen LogP contribution in [0.25, 0.3) is 0 Å². The SMILES string of the molecule is CONC1c2ccc(OC)cc2OC1C. The smallest absolute Gasteiger partial charge is 0.128 e. The summed E-state index contributed by atoms with van der Waals surface area (Å²) in [5, 5.41) is 0. The summed E-state index contributed by atoms with van der Waals surface area (Å²) >= 11 is 0. The average Bonchev–Trinajstić information content (AvgIpc) is 2.55.